The Labute approximate surface area is 198 Å². The molecule has 29 heavy (non-hydrogen) atoms. The van der Waals surface area contributed by atoms with Gasteiger partial charge in [0.2, 0.25) is 0 Å². The maximum atomic E-state index is 10.3. The molecule has 172 valence electrons. The monoisotopic (exact) mass is 446 g/mol. The number of phosphoric acid groups is 1. The van der Waals surface area contributed by atoms with Gasteiger partial charge >= 0.3 is 72.0 Å². The zero-order valence-corrected chi connectivity index (χ0v) is 22.6. The second-order valence-electron chi connectivity index (χ2n) is 8.04. The molecular formula is C22H48NaO5P. The summed E-state index contributed by atoms with van der Waals surface area (Å²) in [6.07, 6.45) is 23.6. The Morgan fingerprint density at radius 1 is 0.621 bits per heavy atom. The van der Waals surface area contributed by atoms with Crippen LogP contribution in [-0.4, -0.2) is 44.3 Å². The van der Waals surface area contributed by atoms with Gasteiger partial charge < -0.3 is 9.79 Å². The fourth-order valence-corrected chi connectivity index (χ4v) is 3.85. The quantitative estimate of drug-likeness (QED) is 0.0622. The Hall–Kier alpha value is 1.07. The molecule has 0 unspecified atom stereocenters. The zero-order valence-electron chi connectivity index (χ0n) is 19.7. The van der Waals surface area contributed by atoms with Crippen molar-refractivity contribution in [3.05, 3.63) is 0 Å². The molecule has 0 atom stereocenters. The normalized spacial score (nSPS) is 11.4. The molecule has 5 nitrogen and oxygen atoms in total. The predicted molar refractivity (Wildman–Crippen MR) is 124 cm³/mol. The molecule has 0 saturated carbocycles. The molecule has 0 aliphatic heterocycles. The van der Waals surface area contributed by atoms with Crippen LogP contribution in [0.1, 0.15) is 129 Å². The average Bonchev–Trinajstić information content (AvgIpc) is 2.68. The van der Waals surface area contributed by atoms with E-state index in [0.29, 0.717) is 0 Å². The van der Waals surface area contributed by atoms with E-state index in [2.05, 4.69) is 23.4 Å². The van der Waals surface area contributed by atoms with Crippen LogP contribution >= 0.6 is 7.82 Å². The van der Waals surface area contributed by atoms with Gasteiger partial charge in [-0.05, 0) is 6.42 Å². The van der Waals surface area contributed by atoms with E-state index in [1.807, 2.05) is 0 Å². The van der Waals surface area contributed by atoms with Crippen LogP contribution in [0.3, 0.4) is 0 Å². The van der Waals surface area contributed by atoms with E-state index in [4.69, 9.17) is 9.79 Å². The Kier molecular flexibility index (Phi) is 30.1. The van der Waals surface area contributed by atoms with Crippen LogP contribution in [0, 0.1) is 0 Å². The Morgan fingerprint density at radius 2 is 0.966 bits per heavy atom. The van der Waals surface area contributed by atoms with Crippen molar-refractivity contribution >= 4 is 35.8 Å². The van der Waals surface area contributed by atoms with E-state index in [-0.39, 0.29) is 6.61 Å². The van der Waals surface area contributed by atoms with Crippen molar-refractivity contribution < 1.29 is 23.9 Å². The number of unbranched alkanes of at least 4 members (excludes halogenated alkanes) is 16. The Bertz CT molecular complexity index is 335. The summed E-state index contributed by atoms with van der Waals surface area (Å²) < 4.78 is 15.7. The van der Waals surface area contributed by atoms with Gasteiger partial charge in [-0.1, -0.05) is 90.4 Å². The van der Waals surface area contributed by atoms with Gasteiger partial charge in [0.1, 0.15) is 0 Å². The van der Waals surface area contributed by atoms with Crippen LogP contribution in [0.5, 0.6) is 0 Å². The first-order valence-electron chi connectivity index (χ1n) is 12.3. The molecule has 0 aromatic carbocycles. The van der Waals surface area contributed by atoms with Gasteiger partial charge in [-0.3, -0.25) is 0 Å². The summed E-state index contributed by atoms with van der Waals surface area (Å²) in [5, 5.41) is 0. The number of hydrogen-bond acceptors (Lipinski definition) is 3. The minimum atomic E-state index is -4.48. The van der Waals surface area contributed by atoms with E-state index in [1.165, 1.54) is 128 Å². The van der Waals surface area contributed by atoms with Crippen LogP contribution in [0.2, 0.25) is 3.67 Å². The number of rotatable bonds is 21. The van der Waals surface area contributed by atoms with Gasteiger partial charge in [-0.15, -0.1) is 4.67 Å². The first kappa shape index (κ1) is 32.3. The Morgan fingerprint density at radius 3 is 1.31 bits per heavy atom. The SMILES string of the molecule is CCCCCCCCCCCCCCCCOOP(=O)(O)O.CCCCC[CH2][Na]. The molecule has 2 N–H and O–H groups in total. The summed E-state index contributed by atoms with van der Waals surface area (Å²) in [7, 11) is -4.48. The minimum absolute atomic E-state index is 0.239. The van der Waals surface area contributed by atoms with Crippen molar-refractivity contribution in [3.63, 3.8) is 0 Å². The van der Waals surface area contributed by atoms with E-state index < -0.39 is 7.82 Å². The molecule has 0 aliphatic rings. The molecule has 0 fully saturated rings. The van der Waals surface area contributed by atoms with E-state index in [1.54, 1.807) is 0 Å². The van der Waals surface area contributed by atoms with Crippen LogP contribution in [0.15, 0.2) is 0 Å². The van der Waals surface area contributed by atoms with Gasteiger partial charge in [0.15, 0.2) is 0 Å². The average molecular weight is 447 g/mol. The van der Waals surface area contributed by atoms with Crippen molar-refractivity contribution in [2.24, 2.45) is 0 Å². The molecule has 0 amide bonds. The van der Waals surface area contributed by atoms with E-state index in [0.717, 1.165) is 19.3 Å². The fourth-order valence-electron chi connectivity index (χ4n) is 3.14. The maximum absolute atomic E-state index is 10.3. The van der Waals surface area contributed by atoms with Crippen molar-refractivity contribution in [1.82, 2.24) is 0 Å². The molecule has 7 heteroatoms. The van der Waals surface area contributed by atoms with Crippen molar-refractivity contribution in [1.29, 1.82) is 0 Å². The van der Waals surface area contributed by atoms with Gasteiger partial charge in [-0.25, -0.2) is 9.45 Å². The third-order valence-electron chi connectivity index (χ3n) is 4.94. The van der Waals surface area contributed by atoms with Crippen LogP contribution in [-0.2, 0) is 14.1 Å². The van der Waals surface area contributed by atoms with Crippen LogP contribution < -0.4 is 0 Å². The fraction of sp³-hybridized carbons (Fsp3) is 1.00. The van der Waals surface area contributed by atoms with Crippen LogP contribution in [0.25, 0.3) is 0 Å². The summed E-state index contributed by atoms with van der Waals surface area (Å²) in [4.78, 5) is 21.2. The Balaban J connectivity index is 0. The molecule has 0 aromatic rings. The topological polar surface area (TPSA) is 76.0 Å². The van der Waals surface area contributed by atoms with Crippen molar-refractivity contribution in [2.75, 3.05) is 6.61 Å². The molecule has 0 saturated heterocycles. The molecule has 0 spiro atoms. The third-order valence-corrected chi connectivity index (χ3v) is 5.94. The first-order valence-corrected chi connectivity index (χ1v) is 15.3. The van der Waals surface area contributed by atoms with Crippen molar-refractivity contribution in [3.8, 4) is 0 Å². The summed E-state index contributed by atoms with van der Waals surface area (Å²) in [5.74, 6) is 0. The van der Waals surface area contributed by atoms with E-state index in [9.17, 15) is 4.57 Å². The molecular weight excluding hydrogens is 398 g/mol. The zero-order chi connectivity index (χ0) is 22.1. The summed E-state index contributed by atoms with van der Waals surface area (Å²) in [6, 6.07) is 0. The van der Waals surface area contributed by atoms with Gasteiger partial charge in [0, 0.05) is 0 Å². The molecule has 0 bridgehead atoms. The first-order chi connectivity index (χ1) is 14.0. The molecule has 0 aromatic heterocycles. The van der Waals surface area contributed by atoms with Gasteiger partial charge in [0.05, 0.1) is 6.61 Å². The van der Waals surface area contributed by atoms with Gasteiger partial charge in [0.25, 0.3) is 0 Å². The summed E-state index contributed by atoms with van der Waals surface area (Å²) in [5.41, 5.74) is 0. The standard InChI is InChI=1S/C16H35O5P.C6H13.Na/c1-2-3-4-5-6-7-8-9-10-11-12-13-14-15-16-20-21-22(17,18)19;1-3-5-6-4-2;/h2-16H2,1H3,(H2,17,18,19);1,3-6H2,2H3;. The van der Waals surface area contributed by atoms with Crippen molar-refractivity contribution in [2.45, 2.75) is 133 Å². The molecule has 0 radical (unpaired) electrons. The summed E-state index contributed by atoms with van der Waals surface area (Å²) in [6.45, 7) is 4.75. The predicted octanol–water partition coefficient (Wildman–Crippen LogP) is 7.66. The van der Waals surface area contributed by atoms with Crippen LogP contribution in [0.4, 0.5) is 0 Å². The third kappa shape index (κ3) is 36.8. The number of hydrogen-bond donors (Lipinski definition) is 2. The molecule has 0 heterocycles. The second kappa shape index (κ2) is 27.1. The molecule has 0 rings (SSSR count). The second-order valence-corrected chi connectivity index (χ2v) is 10.2. The molecule has 0 aliphatic carbocycles. The summed E-state index contributed by atoms with van der Waals surface area (Å²) >= 11 is 1.41. The van der Waals surface area contributed by atoms with Gasteiger partial charge in [-0.2, -0.15) is 0 Å². The van der Waals surface area contributed by atoms with E-state index >= 15 is 0 Å².